The van der Waals surface area contributed by atoms with Gasteiger partial charge in [-0.15, -0.1) is 11.3 Å². The maximum absolute atomic E-state index is 12.6. The van der Waals surface area contributed by atoms with Gasteiger partial charge in [-0.25, -0.2) is 4.98 Å². The number of nitro benzene ring substituents is 1. The van der Waals surface area contributed by atoms with E-state index in [9.17, 15) is 24.5 Å². The lowest BCUT2D eigenvalue weighted by Gasteiger charge is -2.05. The Bertz CT molecular complexity index is 1130. The number of fused-ring (bicyclic) bond motifs is 1. The molecule has 1 amide bonds. The number of benzene rings is 1. The molecule has 144 valence electrons. The molecule has 28 heavy (non-hydrogen) atoms. The van der Waals surface area contributed by atoms with Crippen molar-refractivity contribution in [3.05, 3.63) is 66.9 Å². The Balaban J connectivity index is 1.76. The number of ketones is 1. The topological polar surface area (TPSA) is 124 Å². The first kappa shape index (κ1) is 19.4. The summed E-state index contributed by atoms with van der Waals surface area (Å²) in [7, 11) is 0. The summed E-state index contributed by atoms with van der Waals surface area (Å²) in [5.74, 6) is -0.345. The van der Waals surface area contributed by atoms with Gasteiger partial charge in [0.2, 0.25) is 5.91 Å². The largest absolute Gasteiger partial charge is 0.356 e. The minimum absolute atomic E-state index is 0.110. The van der Waals surface area contributed by atoms with Crippen LogP contribution >= 0.6 is 11.3 Å². The number of hydrogen-bond acceptors (Lipinski definition) is 7. The lowest BCUT2D eigenvalue weighted by Crippen LogP contribution is -2.24. The second kappa shape index (κ2) is 8.09. The molecule has 0 aliphatic carbocycles. The SMILES string of the molecule is CC(=O)NCCc1ccc(C(=O)Cn2cnc3cc([N+](=O)[O-])ccc3c2=O)s1. The van der Waals surface area contributed by atoms with Crippen LogP contribution in [0.2, 0.25) is 0 Å². The molecule has 1 aromatic carbocycles. The summed E-state index contributed by atoms with van der Waals surface area (Å²) in [6, 6.07) is 7.32. The van der Waals surface area contributed by atoms with Crippen LogP contribution in [-0.4, -0.2) is 32.7 Å². The lowest BCUT2D eigenvalue weighted by atomic mass is 10.2. The normalized spacial score (nSPS) is 10.8. The highest BCUT2D eigenvalue weighted by atomic mass is 32.1. The van der Waals surface area contributed by atoms with Gasteiger partial charge in [-0.2, -0.15) is 0 Å². The maximum Gasteiger partial charge on any atom is 0.271 e. The highest BCUT2D eigenvalue weighted by Crippen LogP contribution is 2.19. The van der Waals surface area contributed by atoms with Gasteiger partial charge in [0, 0.05) is 30.5 Å². The third kappa shape index (κ3) is 4.29. The zero-order valence-electron chi connectivity index (χ0n) is 14.9. The van der Waals surface area contributed by atoms with E-state index in [2.05, 4.69) is 10.3 Å². The van der Waals surface area contributed by atoms with Gasteiger partial charge in [-0.3, -0.25) is 29.1 Å². The fourth-order valence-electron chi connectivity index (χ4n) is 2.63. The Kier molecular flexibility index (Phi) is 5.59. The van der Waals surface area contributed by atoms with Crippen molar-refractivity contribution in [2.75, 3.05) is 6.54 Å². The number of aromatic nitrogens is 2. The molecular weight excluding hydrogens is 384 g/mol. The minimum Gasteiger partial charge on any atom is -0.356 e. The Labute approximate surface area is 162 Å². The van der Waals surface area contributed by atoms with E-state index in [1.54, 1.807) is 6.07 Å². The molecule has 0 saturated carbocycles. The van der Waals surface area contributed by atoms with Gasteiger partial charge in [0.15, 0.2) is 5.78 Å². The maximum atomic E-state index is 12.6. The predicted molar refractivity (Wildman–Crippen MR) is 104 cm³/mol. The number of nitrogens with zero attached hydrogens (tertiary/aromatic N) is 3. The van der Waals surface area contributed by atoms with E-state index < -0.39 is 10.5 Å². The van der Waals surface area contributed by atoms with Crippen LogP contribution in [0.4, 0.5) is 5.69 Å². The van der Waals surface area contributed by atoms with E-state index in [1.165, 1.54) is 47.4 Å². The fourth-order valence-corrected chi connectivity index (χ4v) is 3.57. The first-order valence-corrected chi connectivity index (χ1v) is 9.17. The average Bonchev–Trinajstić information content (AvgIpc) is 3.12. The molecule has 0 aliphatic rings. The van der Waals surface area contributed by atoms with Gasteiger partial charge in [0.05, 0.1) is 33.6 Å². The molecule has 9 nitrogen and oxygen atoms in total. The van der Waals surface area contributed by atoms with Crippen LogP contribution in [0.3, 0.4) is 0 Å². The number of non-ortho nitro benzene ring substituents is 1. The number of thiophene rings is 1. The van der Waals surface area contributed by atoms with E-state index >= 15 is 0 Å². The molecule has 3 aromatic rings. The first-order chi connectivity index (χ1) is 13.3. The summed E-state index contributed by atoms with van der Waals surface area (Å²) in [6.45, 7) is 1.75. The van der Waals surface area contributed by atoms with E-state index in [0.717, 1.165) is 4.88 Å². The summed E-state index contributed by atoms with van der Waals surface area (Å²) in [4.78, 5) is 51.7. The van der Waals surface area contributed by atoms with Gasteiger partial charge < -0.3 is 5.32 Å². The van der Waals surface area contributed by atoms with Crippen molar-refractivity contribution in [3.63, 3.8) is 0 Å². The molecule has 2 aromatic heterocycles. The van der Waals surface area contributed by atoms with Crippen molar-refractivity contribution in [3.8, 4) is 0 Å². The summed E-state index contributed by atoms with van der Waals surface area (Å²) in [5.41, 5.74) is -0.381. The Hall–Kier alpha value is -3.40. The second-order valence-electron chi connectivity index (χ2n) is 6.06. The van der Waals surface area contributed by atoms with Gasteiger partial charge in [0.1, 0.15) is 0 Å². The molecule has 3 rings (SSSR count). The average molecular weight is 400 g/mol. The molecule has 0 bridgehead atoms. The Morgan fingerprint density at radius 2 is 2.07 bits per heavy atom. The number of nitrogens with one attached hydrogen (secondary N) is 1. The predicted octanol–water partition coefficient (Wildman–Crippen LogP) is 1.93. The zero-order valence-corrected chi connectivity index (χ0v) is 15.7. The first-order valence-electron chi connectivity index (χ1n) is 8.35. The third-order valence-electron chi connectivity index (χ3n) is 4.02. The molecule has 0 spiro atoms. The molecule has 0 atom stereocenters. The van der Waals surface area contributed by atoms with Crippen LogP contribution < -0.4 is 10.9 Å². The van der Waals surface area contributed by atoms with Crippen molar-refractivity contribution in [1.82, 2.24) is 14.9 Å². The van der Waals surface area contributed by atoms with Gasteiger partial charge in [-0.1, -0.05) is 0 Å². The number of Topliss-reactive ketones (excluding diaryl/α,β-unsaturated/α-hetero) is 1. The Morgan fingerprint density at radius 3 is 2.79 bits per heavy atom. The number of carbonyl (C=O) groups excluding carboxylic acids is 2. The van der Waals surface area contributed by atoms with E-state index in [-0.39, 0.29) is 34.8 Å². The molecule has 2 heterocycles. The van der Waals surface area contributed by atoms with Gasteiger partial charge in [-0.05, 0) is 24.6 Å². The number of carbonyl (C=O) groups is 2. The summed E-state index contributed by atoms with van der Waals surface area (Å²) in [6.07, 6.45) is 1.84. The van der Waals surface area contributed by atoms with Crippen molar-refractivity contribution in [1.29, 1.82) is 0 Å². The third-order valence-corrected chi connectivity index (χ3v) is 5.20. The Morgan fingerprint density at radius 1 is 1.29 bits per heavy atom. The number of nitro groups is 1. The van der Waals surface area contributed by atoms with Crippen LogP contribution in [0.15, 0.2) is 41.5 Å². The van der Waals surface area contributed by atoms with Crippen LogP contribution in [0.1, 0.15) is 21.5 Å². The molecule has 0 fully saturated rings. The van der Waals surface area contributed by atoms with Crippen LogP contribution in [0, 0.1) is 10.1 Å². The molecule has 0 radical (unpaired) electrons. The van der Waals surface area contributed by atoms with Crippen molar-refractivity contribution < 1.29 is 14.5 Å². The quantitative estimate of drug-likeness (QED) is 0.367. The summed E-state index contributed by atoms with van der Waals surface area (Å²) >= 11 is 1.31. The van der Waals surface area contributed by atoms with Gasteiger partial charge >= 0.3 is 0 Å². The van der Waals surface area contributed by atoms with Crippen molar-refractivity contribution >= 4 is 39.6 Å². The molecule has 0 unspecified atom stereocenters. The number of amides is 1. The van der Waals surface area contributed by atoms with E-state index in [1.807, 2.05) is 6.07 Å². The molecule has 0 saturated heterocycles. The molecular formula is C18H16N4O5S. The van der Waals surface area contributed by atoms with Crippen molar-refractivity contribution in [2.45, 2.75) is 19.9 Å². The van der Waals surface area contributed by atoms with Crippen molar-refractivity contribution in [2.24, 2.45) is 0 Å². The number of hydrogen-bond donors (Lipinski definition) is 1. The highest BCUT2D eigenvalue weighted by Gasteiger charge is 2.14. The minimum atomic E-state index is -0.559. The standard InChI is InChI=1S/C18H16N4O5S/c1-11(23)19-7-6-13-3-5-17(28-13)16(24)9-21-10-20-15-8-12(22(26)27)2-4-14(15)18(21)25/h2-5,8,10H,6-7,9H2,1H3,(H,19,23). The lowest BCUT2D eigenvalue weighted by molar-refractivity contribution is -0.384. The monoisotopic (exact) mass is 400 g/mol. The van der Waals surface area contributed by atoms with E-state index in [4.69, 9.17) is 0 Å². The fraction of sp³-hybridized carbons (Fsp3) is 0.222. The van der Waals surface area contributed by atoms with Crippen LogP contribution in [0.5, 0.6) is 0 Å². The summed E-state index contributed by atoms with van der Waals surface area (Å²) < 4.78 is 1.19. The molecule has 0 aliphatic heterocycles. The second-order valence-corrected chi connectivity index (χ2v) is 7.23. The van der Waals surface area contributed by atoms with Crippen LogP contribution in [0.25, 0.3) is 10.9 Å². The molecule has 10 heteroatoms. The smallest absolute Gasteiger partial charge is 0.271 e. The summed E-state index contributed by atoms with van der Waals surface area (Å²) in [5, 5.41) is 13.7. The number of rotatable bonds is 7. The zero-order chi connectivity index (χ0) is 20.3. The van der Waals surface area contributed by atoms with E-state index in [0.29, 0.717) is 17.8 Å². The highest BCUT2D eigenvalue weighted by molar-refractivity contribution is 7.14. The van der Waals surface area contributed by atoms with Gasteiger partial charge in [0.25, 0.3) is 11.2 Å². The van der Waals surface area contributed by atoms with Crippen LogP contribution in [-0.2, 0) is 17.8 Å². The molecule has 1 N–H and O–H groups in total.